The molecular weight excluding hydrogens is 210 g/mol. The van der Waals surface area contributed by atoms with E-state index in [9.17, 15) is 14.9 Å². The predicted octanol–water partition coefficient (Wildman–Crippen LogP) is 1.84. The van der Waals surface area contributed by atoms with E-state index in [1.54, 1.807) is 6.07 Å². The first kappa shape index (κ1) is 12.2. The average Bonchev–Trinajstić information content (AvgIpc) is 2.16. The van der Waals surface area contributed by atoms with Crippen molar-refractivity contribution in [3.63, 3.8) is 0 Å². The molecule has 88 valence electrons. The lowest BCUT2D eigenvalue weighted by atomic mass is 10.1. The number of nitrogens with zero attached hydrogens (tertiary/aromatic N) is 1. The molecule has 0 bridgehead atoms. The van der Waals surface area contributed by atoms with Gasteiger partial charge < -0.3 is 10.3 Å². The van der Waals surface area contributed by atoms with E-state index in [2.05, 4.69) is 10.3 Å². The summed E-state index contributed by atoms with van der Waals surface area (Å²) in [7, 11) is 0. The number of nitrogens with one attached hydrogen (secondary N) is 2. The summed E-state index contributed by atoms with van der Waals surface area (Å²) in [4.78, 5) is 24.1. The van der Waals surface area contributed by atoms with Gasteiger partial charge in [-0.3, -0.25) is 14.9 Å². The van der Waals surface area contributed by atoms with Crippen molar-refractivity contribution >= 4 is 11.4 Å². The summed E-state index contributed by atoms with van der Waals surface area (Å²) in [5, 5.41) is 13.6. The molecule has 0 saturated heterocycles. The number of rotatable bonds is 4. The van der Waals surface area contributed by atoms with Crippen LogP contribution in [0.4, 0.5) is 11.4 Å². The Balaban J connectivity index is 3.39. The van der Waals surface area contributed by atoms with Crippen molar-refractivity contribution in [1.82, 2.24) is 4.98 Å². The Kier molecular flexibility index (Phi) is 3.65. The van der Waals surface area contributed by atoms with Gasteiger partial charge in [0.05, 0.1) is 4.92 Å². The molecule has 0 aliphatic carbocycles. The first-order chi connectivity index (χ1) is 7.47. The molecule has 0 unspecified atom stereocenters. The molecule has 6 heteroatoms. The van der Waals surface area contributed by atoms with E-state index in [-0.39, 0.29) is 11.6 Å². The van der Waals surface area contributed by atoms with Gasteiger partial charge in [0.25, 0.3) is 0 Å². The Labute approximate surface area is 92.8 Å². The largest absolute Gasteiger partial charge is 0.380 e. The van der Waals surface area contributed by atoms with Crippen molar-refractivity contribution < 1.29 is 4.92 Å². The highest BCUT2D eigenvalue weighted by atomic mass is 16.6. The topological polar surface area (TPSA) is 88.0 Å². The second-order valence-electron chi connectivity index (χ2n) is 3.76. The first-order valence-electron chi connectivity index (χ1n) is 5.12. The number of hydrogen-bond acceptors (Lipinski definition) is 4. The van der Waals surface area contributed by atoms with Crippen LogP contribution in [0.25, 0.3) is 0 Å². The molecule has 16 heavy (non-hydrogen) atoms. The maximum atomic E-state index is 11.5. The minimum absolute atomic E-state index is 0.117. The van der Waals surface area contributed by atoms with Gasteiger partial charge in [-0.05, 0) is 18.9 Å². The van der Waals surface area contributed by atoms with Crippen LogP contribution in [0.2, 0.25) is 0 Å². The number of anilines is 1. The smallest absolute Gasteiger partial charge is 0.356 e. The predicted molar refractivity (Wildman–Crippen MR) is 62.0 cm³/mol. The Morgan fingerprint density at radius 3 is 2.62 bits per heavy atom. The third-order valence-electron chi connectivity index (χ3n) is 2.20. The minimum Gasteiger partial charge on any atom is -0.380 e. The van der Waals surface area contributed by atoms with Crippen molar-refractivity contribution in [3.05, 3.63) is 32.2 Å². The van der Waals surface area contributed by atoms with Gasteiger partial charge in [0.2, 0.25) is 0 Å². The molecule has 0 atom stereocenters. The lowest BCUT2D eigenvalue weighted by molar-refractivity contribution is -0.385. The maximum Gasteiger partial charge on any atom is 0.356 e. The van der Waals surface area contributed by atoms with E-state index in [0.717, 1.165) is 0 Å². The van der Waals surface area contributed by atoms with Gasteiger partial charge in [0.15, 0.2) is 0 Å². The quantitative estimate of drug-likeness (QED) is 0.604. The van der Waals surface area contributed by atoms with Gasteiger partial charge in [0.1, 0.15) is 5.69 Å². The molecule has 6 nitrogen and oxygen atoms in total. The van der Waals surface area contributed by atoms with Gasteiger partial charge in [-0.1, -0.05) is 13.8 Å². The van der Waals surface area contributed by atoms with Crippen molar-refractivity contribution in [2.45, 2.75) is 26.7 Å². The van der Waals surface area contributed by atoms with Crippen LogP contribution in [-0.4, -0.2) is 16.5 Å². The lowest BCUT2D eigenvalue weighted by Gasteiger charge is -2.09. The van der Waals surface area contributed by atoms with Gasteiger partial charge in [-0.25, -0.2) is 0 Å². The van der Waals surface area contributed by atoms with Crippen LogP contribution in [0.5, 0.6) is 0 Å². The fraction of sp³-hybridized carbons (Fsp3) is 0.500. The van der Waals surface area contributed by atoms with E-state index in [0.29, 0.717) is 12.2 Å². The van der Waals surface area contributed by atoms with E-state index >= 15 is 0 Å². The molecular formula is C10H15N3O3. The number of aromatic amines is 1. The van der Waals surface area contributed by atoms with Crippen LogP contribution >= 0.6 is 0 Å². The van der Waals surface area contributed by atoms with Gasteiger partial charge in [0, 0.05) is 12.2 Å². The Bertz CT molecular complexity index is 451. The minimum atomic E-state index is -0.666. The third kappa shape index (κ3) is 2.39. The van der Waals surface area contributed by atoms with Crippen molar-refractivity contribution in [1.29, 1.82) is 0 Å². The summed E-state index contributed by atoms with van der Waals surface area (Å²) < 4.78 is 0. The number of pyridine rings is 1. The zero-order valence-corrected chi connectivity index (χ0v) is 9.53. The van der Waals surface area contributed by atoms with E-state index in [4.69, 9.17) is 0 Å². The second-order valence-corrected chi connectivity index (χ2v) is 3.76. The van der Waals surface area contributed by atoms with Crippen molar-refractivity contribution in [2.75, 3.05) is 11.9 Å². The fourth-order valence-electron chi connectivity index (χ4n) is 1.39. The number of aromatic nitrogens is 1. The van der Waals surface area contributed by atoms with E-state index in [1.165, 1.54) is 0 Å². The van der Waals surface area contributed by atoms with Crippen LogP contribution in [0.1, 0.15) is 32.4 Å². The molecule has 1 heterocycles. The first-order valence-corrected chi connectivity index (χ1v) is 5.12. The summed E-state index contributed by atoms with van der Waals surface area (Å²) in [6.07, 6.45) is 0. The van der Waals surface area contributed by atoms with E-state index < -0.39 is 16.2 Å². The third-order valence-corrected chi connectivity index (χ3v) is 2.20. The molecule has 1 aromatic heterocycles. The SMILES string of the molecule is CCNc1cc(C(C)C)[nH]c(=O)c1[N+](=O)[O-]. The molecule has 0 radical (unpaired) electrons. The molecule has 2 N–H and O–H groups in total. The average molecular weight is 225 g/mol. The molecule has 1 rings (SSSR count). The highest BCUT2D eigenvalue weighted by Crippen LogP contribution is 2.22. The van der Waals surface area contributed by atoms with E-state index in [1.807, 2.05) is 20.8 Å². The Morgan fingerprint density at radius 2 is 2.19 bits per heavy atom. The van der Waals surface area contributed by atoms with Crippen LogP contribution in [0.3, 0.4) is 0 Å². The van der Waals surface area contributed by atoms with Crippen LogP contribution in [0, 0.1) is 10.1 Å². The Morgan fingerprint density at radius 1 is 1.56 bits per heavy atom. The molecule has 1 aromatic rings. The van der Waals surface area contributed by atoms with Crippen molar-refractivity contribution in [2.24, 2.45) is 0 Å². The second kappa shape index (κ2) is 4.78. The van der Waals surface area contributed by atoms with Gasteiger partial charge in [-0.2, -0.15) is 0 Å². The molecule has 0 aliphatic rings. The summed E-state index contributed by atoms with van der Waals surface area (Å²) in [5.74, 6) is 0.117. The number of hydrogen-bond donors (Lipinski definition) is 2. The zero-order chi connectivity index (χ0) is 12.3. The normalized spacial score (nSPS) is 10.5. The summed E-state index contributed by atoms with van der Waals surface area (Å²) in [6, 6.07) is 1.62. The van der Waals surface area contributed by atoms with Crippen LogP contribution in [0.15, 0.2) is 10.9 Å². The fourth-order valence-corrected chi connectivity index (χ4v) is 1.39. The lowest BCUT2D eigenvalue weighted by Crippen LogP contribution is -2.17. The maximum absolute atomic E-state index is 11.5. The molecule has 0 aromatic carbocycles. The number of H-pyrrole nitrogens is 1. The van der Waals surface area contributed by atoms with Crippen molar-refractivity contribution in [3.8, 4) is 0 Å². The highest BCUT2D eigenvalue weighted by Gasteiger charge is 2.20. The summed E-state index contributed by atoms with van der Waals surface area (Å²) in [6.45, 7) is 6.17. The molecule has 0 fully saturated rings. The van der Waals surface area contributed by atoms with Crippen LogP contribution in [-0.2, 0) is 0 Å². The molecule has 0 spiro atoms. The van der Waals surface area contributed by atoms with Gasteiger partial charge >= 0.3 is 11.2 Å². The molecule has 0 saturated carbocycles. The summed E-state index contributed by atoms with van der Waals surface area (Å²) in [5.41, 5.74) is -0.120. The monoisotopic (exact) mass is 225 g/mol. The molecule has 0 aliphatic heterocycles. The summed E-state index contributed by atoms with van der Waals surface area (Å²) >= 11 is 0. The van der Waals surface area contributed by atoms with Gasteiger partial charge in [-0.15, -0.1) is 0 Å². The highest BCUT2D eigenvalue weighted by molar-refractivity contribution is 5.60. The Hall–Kier alpha value is -1.85. The van der Waals surface area contributed by atoms with Crippen LogP contribution < -0.4 is 10.9 Å². The number of nitro groups is 1. The zero-order valence-electron chi connectivity index (χ0n) is 9.53. The molecule has 0 amide bonds. The standard InChI is InChI=1S/C10H15N3O3/c1-4-11-8-5-7(6(2)3)12-10(14)9(8)13(15)16/h5-6H,4H2,1-3H3,(H2,11,12,14).